The first-order chi connectivity index (χ1) is 5.41. The Labute approximate surface area is 78.7 Å². The van der Waals surface area contributed by atoms with E-state index in [4.69, 9.17) is 0 Å². The summed E-state index contributed by atoms with van der Waals surface area (Å²) in [6.45, 7) is 0. The predicted octanol–water partition coefficient (Wildman–Crippen LogP) is 3.84. The minimum absolute atomic E-state index is 0.500. The summed E-state index contributed by atoms with van der Waals surface area (Å²) in [4.78, 5) is 0. The van der Waals surface area contributed by atoms with E-state index in [1.807, 2.05) is 0 Å². The van der Waals surface area contributed by atoms with Crippen molar-refractivity contribution >= 4 is 0 Å². The second-order valence-electron chi connectivity index (χ2n) is 2.47. The molecule has 1 rings (SSSR count). The molecule has 0 bridgehead atoms. The van der Waals surface area contributed by atoms with Gasteiger partial charge in [-0.1, -0.05) is 24.3 Å². The van der Waals surface area contributed by atoms with Crippen molar-refractivity contribution in [1.29, 1.82) is 0 Å². The molecule has 0 unspecified atom stereocenters. The molecule has 0 aromatic carbocycles. The Kier molecular flexibility index (Phi) is 10.2. The molecule has 0 aromatic heterocycles. The fourth-order valence-corrected chi connectivity index (χ4v) is 0.874. The fourth-order valence-electron chi connectivity index (χ4n) is 0.874. The van der Waals surface area contributed by atoms with Gasteiger partial charge in [0.25, 0.3) is 0 Å². The zero-order valence-corrected chi connectivity index (χ0v) is 9.87. The van der Waals surface area contributed by atoms with Crippen molar-refractivity contribution in [3.8, 4) is 0 Å². The molecule has 0 aromatic rings. The van der Waals surface area contributed by atoms with Gasteiger partial charge in [0.05, 0.1) is 0 Å². The van der Waals surface area contributed by atoms with Crippen LogP contribution >= 0.6 is 0 Å². The van der Waals surface area contributed by atoms with E-state index < -0.39 is 0 Å². The van der Waals surface area contributed by atoms with Gasteiger partial charge in [0, 0.05) is 0 Å². The Balaban J connectivity index is 0.000000292. The summed E-state index contributed by atoms with van der Waals surface area (Å²) in [5, 5.41) is 0. The molecule has 0 atom stereocenters. The normalized spacial score (nSPS) is 22.4. The summed E-state index contributed by atoms with van der Waals surface area (Å²) < 4.78 is 0. The Bertz CT molecular complexity index is 100. The predicted molar refractivity (Wildman–Crippen MR) is 48.5 cm³/mol. The third kappa shape index (κ3) is 10.1. The minimum atomic E-state index is 0.500. The molecular weight excluding hydrogens is 312 g/mol. The Morgan fingerprint density at radius 2 is 1.27 bits per heavy atom. The van der Waals surface area contributed by atoms with E-state index >= 15 is 0 Å². The molecule has 11 heavy (non-hydrogen) atoms. The quantitative estimate of drug-likeness (QED) is 0.633. The average Bonchev–Trinajstić information content (AvgIpc) is 1.86. The van der Waals surface area contributed by atoms with Crippen LogP contribution in [0.1, 0.15) is 25.7 Å². The average molecular weight is 330 g/mol. The molecule has 1 heteroatoms. The number of hydrogen-bond donors (Lipinski definition) is 0. The third-order valence-electron chi connectivity index (χ3n) is 1.37. The summed E-state index contributed by atoms with van der Waals surface area (Å²) in [5.74, 6) is 0. The van der Waals surface area contributed by atoms with Crippen molar-refractivity contribution in [2.24, 2.45) is 0 Å². The molecule has 0 saturated carbocycles. The van der Waals surface area contributed by atoms with Gasteiger partial charge in [-0.15, -0.1) is 0 Å². The van der Waals surface area contributed by atoms with Crippen LogP contribution in [0.2, 0.25) is 10.9 Å². The van der Waals surface area contributed by atoms with Crippen molar-refractivity contribution in [2.75, 3.05) is 0 Å². The molecular formula is C10H18Ir. The van der Waals surface area contributed by atoms with E-state index in [-0.39, 0.29) is 0 Å². The monoisotopic (exact) mass is 331 g/mol. The van der Waals surface area contributed by atoms with E-state index in [2.05, 4.69) is 35.2 Å². The second-order valence-corrected chi connectivity index (χ2v) is 4.87. The molecule has 0 saturated heterocycles. The van der Waals surface area contributed by atoms with Crippen molar-refractivity contribution in [3.05, 3.63) is 24.3 Å². The molecule has 1 aliphatic rings. The van der Waals surface area contributed by atoms with Crippen LogP contribution in [0.25, 0.3) is 0 Å². The maximum atomic E-state index is 2.25. The summed E-state index contributed by atoms with van der Waals surface area (Å²) in [6.07, 6.45) is 14.0. The Morgan fingerprint density at radius 1 is 0.909 bits per heavy atom. The van der Waals surface area contributed by atoms with E-state index in [0.717, 1.165) is 0 Å². The molecule has 0 fully saturated rings. The van der Waals surface area contributed by atoms with Gasteiger partial charge in [-0.05, 0) is 25.7 Å². The number of hydrogen-bond acceptors (Lipinski definition) is 0. The van der Waals surface area contributed by atoms with Crippen LogP contribution < -0.4 is 0 Å². The summed E-state index contributed by atoms with van der Waals surface area (Å²) >= 11 is 0.500. The first kappa shape index (κ1) is 11.1. The van der Waals surface area contributed by atoms with Crippen LogP contribution in [0.15, 0.2) is 24.3 Å². The van der Waals surface area contributed by atoms with Gasteiger partial charge in [0.1, 0.15) is 0 Å². The third-order valence-corrected chi connectivity index (χ3v) is 1.37. The van der Waals surface area contributed by atoms with E-state index in [1.54, 1.807) is 0 Å². The molecule has 1 aliphatic carbocycles. The Morgan fingerprint density at radius 3 is 1.64 bits per heavy atom. The zero-order chi connectivity index (χ0) is 8.36. The van der Waals surface area contributed by atoms with Gasteiger partial charge < -0.3 is 0 Å². The van der Waals surface area contributed by atoms with E-state index in [0.29, 0.717) is 17.7 Å². The molecule has 0 N–H and O–H groups in total. The molecule has 0 spiro atoms. The van der Waals surface area contributed by atoms with Gasteiger partial charge in [-0.25, -0.2) is 0 Å². The van der Waals surface area contributed by atoms with Crippen LogP contribution in [0, 0.1) is 0 Å². The summed E-state index contributed by atoms with van der Waals surface area (Å²) in [5.41, 5.74) is 4.50. The van der Waals surface area contributed by atoms with Crippen LogP contribution in [-0.2, 0) is 17.7 Å². The van der Waals surface area contributed by atoms with Crippen LogP contribution in [0.4, 0.5) is 0 Å². The molecule has 67 valence electrons. The van der Waals surface area contributed by atoms with E-state index in [1.165, 1.54) is 25.7 Å². The summed E-state index contributed by atoms with van der Waals surface area (Å²) in [6, 6.07) is 0. The first-order valence-corrected chi connectivity index (χ1v) is 8.77. The van der Waals surface area contributed by atoms with Crippen LogP contribution in [-0.4, -0.2) is 0 Å². The van der Waals surface area contributed by atoms with Crippen molar-refractivity contribution in [2.45, 2.75) is 36.6 Å². The van der Waals surface area contributed by atoms with Crippen molar-refractivity contribution in [1.82, 2.24) is 0 Å². The summed E-state index contributed by atoms with van der Waals surface area (Å²) in [7, 11) is 0. The van der Waals surface area contributed by atoms with Crippen molar-refractivity contribution in [3.63, 3.8) is 0 Å². The first-order valence-electron chi connectivity index (χ1n) is 3.98. The number of rotatable bonds is 0. The van der Waals surface area contributed by atoms with Gasteiger partial charge >= 0.3 is 28.6 Å². The maximum absolute atomic E-state index is 2.25. The van der Waals surface area contributed by atoms with Gasteiger partial charge in [-0.3, -0.25) is 0 Å². The van der Waals surface area contributed by atoms with Crippen LogP contribution in [0.3, 0.4) is 0 Å². The van der Waals surface area contributed by atoms with Gasteiger partial charge in [-0.2, -0.15) is 0 Å². The van der Waals surface area contributed by atoms with Crippen molar-refractivity contribution < 1.29 is 17.7 Å². The van der Waals surface area contributed by atoms with Crippen LogP contribution in [0.5, 0.6) is 0 Å². The Hall–Kier alpha value is 0.129. The number of allylic oxidation sites excluding steroid dienone is 4. The van der Waals surface area contributed by atoms with Gasteiger partial charge in [0.15, 0.2) is 0 Å². The topological polar surface area (TPSA) is 0 Å². The SMILES string of the molecule is C1=C\CCCC\C=C/1.[CH3][Ir][CH3]. The standard InChI is InChI=1S/C8H12.2CH3.Ir/c1-2-4-6-8-7-5-3-1;;;/h1-4H,5-8H2;2*1H3;/b3-1-,4-2-;;;. The molecule has 0 radical (unpaired) electrons. The molecule has 0 nitrogen and oxygen atoms in total. The molecule has 0 heterocycles. The van der Waals surface area contributed by atoms with Gasteiger partial charge in [0.2, 0.25) is 0 Å². The fraction of sp³-hybridized carbons (Fsp3) is 0.600. The van der Waals surface area contributed by atoms with E-state index in [9.17, 15) is 0 Å². The second kappa shape index (κ2) is 10.1. The zero-order valence-electron chi connectivity index (χ0n) is 7.47. The molecule has 0 amide bonds. The molecule has 0 aliphatic heterocycles.